The monoisotopic (exact) mass is 573 g/mol. The lowest BCUT2D eigenvalue weighted by Crippen LogP contribution is -2.51. The second-order valence-corrected chi connectivity index (χ2v) is 13.7. The van der Waals surface area contributed by atoms with Crippen molar-refractivity contribution in [1.82, 2.24) is 0 Å². The van der Waals surface area contributed by atoms with Crippen molar-refractivity contribution >= 4 is 5.69 Å². The highest BCUT2D eigenvalue weighted by atomic mass is 19.1. The number of hydrogen-bond donors (Lipinski definition) is 1. The Balaban J connectivity index is 1.35. The molecule has 1 heterocycles. The molecule has 0 amide bonds. The number of fused-ring (bicyclic) bond motifs is 1. The highest BCUT2D eigenvalue weighted by Crippen LogP contribution is 2.45. The lowest BCUT2D eigenvalue weighted by molar-refractivity contribution is -0.168. The Morgan fingerprint density at radius 3 is 2.26 bits per heavy atom. The summed E-state index contributed by atoms with van der Waals surface area (Å²) < 4.78 is 33.4. The van der Waals surface area contributed by atoms with Gasteiger partial charge < -0.3 is 19.5 Å². The minimum Gasteiger partial charge on any atom is -0.485 e. The maximum atomic E-state index is 13.4. The first kappa shape index (κ1) is 30.6. The normalized spacial score (nSPS) is 20.5. The molecular weight excluding hydrogens is 525 g/mol. The molecule has 2 unspecified atom stereocenters. The van der Waals surface area contributed by atoms with Gasteiger partial charge in [0.05, 0.1) is 6.61 Å². The van der Waals surface area contributed by atoms with Crippen molar-refractivity contribution in [2.24, 2.45) is 5.92 Å². The van der Waals surface area contributed by atoms with E-state index in [-0.39, 0.29) is 23.4 Å². The molecule has 0 radical (unpaired) electrons. The summed E-state index contributed by atoms with van der Waals surface area (Å²) in [4.78, 5) is 0. The predicted molar refractivity (Wildman–Crippen MR) is 168 cm³/mol. The van der Waals surface area contributed by atoms with Crippen molar-refractivity contribution in [2.45, 2.75) is 110 Å². The third-order valence-electron chi connectivity index (χ3n) is 8.86. The molecule has 1 N–H and O–H groups in total. The largest absolute Gasteiger partial charge is 0.485 e. The van der Waals surface area contributed by atoms with E-state index in [0.717, 1.165) is 40.5 Å². The summed E-state index contributed by atoms with van der Waals surface area (Å²) in [6.45, 7) is 12.7. The minimum absolute atomic E-state index is 0.113. The van der Waals surface area contributed by atoms with Crippen LogP contribution in [0.2, 0.25) is 0 Å². The first-order valence-corrected chi connectivity index (χ1v) is 15.7. The zero-order valence-corrected chi connectivity index (χ0v) is 26.0. The second kappa shape index (κ2) is 13.2. The van der Waals surface area contributed by atoms with E-state index in [1.165, 1.54) is 49.8 Å². The fraction of sp³-hybridized carbons (Fsp3) is 0.514. The number of anilines is 1. The highest BCUT2D eigenvalue weighted by molar-refractivity contribution is 5.54. The number of halogens is 1. The van der Waals surface area contributed by atoms with Crippen LogP contribution in [0.25, 0.3) is 0 Å². The van der Waals surface area contributed by atoms with E-state index in [9.17, 15) is 4.39 Å². The van der Waals surface area contributed by atoms with Gasteiger partial charge in [-0.1, -0.05) is 89.3 Å². The molecule has 2 aliphatic rings. The minimum atomic E-state index is -0.573. The SMILES string of the molecule is CC(C)(C)c1ccc(COC2C(OCCC3CCCCC3)c3cc(NCc4ccc(F)cc4)ccc3OC2(C)C)cc1. The van der Waals surface area contributed by atoms with Gasteiger partial charge in [-0.05, 0) is 78.6 Å². The van der Waals surface area contributed by atoms with Gasteiger partial charge in [-0.2, -0.15) is 0 Å². The maximum absolute atomic E-state index is 13.4. The Morgan fingerprint density at radius 1 is 0.881 bits per heavy atom. The summed E-state index contributed by atoms with van der Waals surface area (Å²) in [6.07, 6.45) is 7.18. The molecule has 0 bridgehead atoms. The van der Waals surface area contributed by atoms with Crippen molar-refractivity contribution in [1.29, 1.82) is 0 Å². The van der Waals surface area contributed by atoms with Gasteiger partial charge in [0.1, 0.15) is 29.4 Å². The first-order valence-electron chi connectivity index (χ1n) is 15.7. The van der Waals surface area contributed by atoms with Crippen LogP contribution in [0.1, 0.15) is 102 Å². The summed E-state index contributed by atoms with van der Waals surface area (Å²) >= 11 is 0. The maximum Gasteiger partial charge on any atom is 0.132 e. The average molecular weight is 574 g/mol. The van der Waals surface area contributed by atoms with Crippen LogP contribution in [0.4, 0.5) is 10.1 Å². The second-order valence-electron chi connectivity index (χ2n) is 13.7. The van der Waals surface area contributed by atoms with Crippen molar-refractivity contribution in [3.05, 3.63) is 94.8 Å². The van der Waals surface area contributed by atoms with E-state index in [1.807, 2.05) is 12.1 Å². The van der Waals surface area contributed by atoms with Crippen molar-refractivity contribution in [2.75, 3.05) is 11.9 Å². The molecule has 226 valence electrons. The van der Waals surface area contributed by atoms with Crippen LogP contribution in [0, 0.1) is 11.7 Å². The van der Waals surface area contributed by atoms with Crippen molar-refractivity contribution in [3.8, 4) is 5.75 Å². The zero-order chi connectivity index (χ0) is 29.7. The van der Waals surface area contributed by atoms with E-state index in [0.29, 0.717) is 19.8 Å². The molecule has 1 fully saturated rings. The van der Waals surface area contributed by atoms with Gasteiger partial charge in [-0.3, -0.25) is 0 Å². The third-order valence-corrected chi connectivity index (χ3v) is 8.86. The molecule has 3 aromatic carbocycles. The number of rotatable bonds is 10. The Labute approximate surface area is 252 Å². The Bertz CT molecular complexity index is 1290. The van der Waals surface area contributed by atoms with E-state index in [2.05, 4.69) is 70.3 Å². The average Bonchev–Trinajstić information content (AvgIpc) is 2.96. The Hall–Kier alpha value is -2.89. The van der Waals surface area contributed by atoms with Crippen LogP contribution in [0.15, 0.2) is 66.7 Å². The highest BCUT2D eigenvalue weighted by Gasteiger charge is 2.45. The van der Waals surface area contributed by atoms with Gasteiger partial charge in [0.15, 0.2) is 0 Å². The molecule has 0 aromatic heterocycles. The summed E-state index contributed by atoms with van der Waals surface area (Å²) in [5, 5.41) is 3.50. The zero-order valence-electron chi connectivity index (χ0n) is 26.0. The molecular formula is C37H48FNO3. The van der Waals surface area contributed by atoms with Crippen LogP contribution in [0.3, 0.4) is 0 Å². The molecule has 1 saturated carbocycles. The Morgan fingerprint density at radius 2 is 1.57 bits per heavy atom. The van der Waals surface area contributed by atoms with E-state index < -0.39 is 5.60 Å². The van der Waals surface area contributed by atoms with Gasteiger partial charge in [0.25, 0.3) is 0 Å². The lowest BCUT2D eigenvalue weighted by Gasteiger charge is -2.44. The summed E-state index contributed by atoms with van der Waals surface area (Å²) in [5.41, 5.74) is 4.99. The van der Waals surface area contributed by atoms with Gasteiger partial charge in [-0.15, -0.1) is 0 Å². The van der Waals surface area contributed by atoms with Crippen LogP contribution in [-0.2, 0) is 28.0 Å². The number of ether oxygens (including phenoxy) is 3. The topological polar surface area (TPSA) is 39.7 Å². The van der Waals surface area contributed by atoms with Crippen LogP contribution in [0.5, 0.6) is 5.75 Å². The molecule has 0 saturated heterocycles. The van der Waals surface area contributed by atoms with Gasteiger partial charge in [-0.25, -0.2) is 4.39 Å². The molecule has 1 aliphatic carbocycles. The van der Waals surface area contributed by atoms with Crippen LogP contribution in [-0.4, -0.2) is 18.3 Å². The molecule has 3 aromatic rings. The quantitative estimate of drug-likeness (QED) is 0.262. The molecule has 4 nitrogen and oxygen atoms in total. The fourth-order valence-electron chi connectivity index (χ4n) is 6.24. The molecule has 5 heteroatoms. The summed E-state index contributed by atoms with van der Waals surface area (Å²) in [6, 6.07) is 21.5. The molecule has 0 spiro atoms. The van der Waals surface area contributed by atoms with Gasteiger partial charge >= 0.3 is 0 Å². The number of benzene rings is 3. The van der Waals surface area contributed by atoms with E-state index in [4.69, 9.17) is 14.2 Å². The first-order chi connectivity index (χ1) is 20.1. The molecule has 1 aliphatic heterocycles. The molecule has 5 rings (SSSR count). The smallest absolute Gasteiger partial charge is 0.132 e. The van der Waals surface area contributed by atoms with E-state index in [1.54, 1.807) is 12.1 Å². The van der Waals surface area contributed by atoms with Crippen LogP contribution < -0.4 is 10.1 Å². The van der Waals surface area contributed by atoms with Crippen molar-refractivity contribution in [3.63, 3.8) is 0 Å². The van der Waals surface area contributed by atoms with Gasteiger partial charge in [0.2, 0.25) is 0 Å². The Kier molecular flexibility index (Phi) is 9.59. The van der Waals surface area contributed by atoms with Gasteiger partial charge in [0, 0.05) is 24.4 Å². The fourth-order valence-corrected chi connectivity index (χ4v) is 6.24. The van der Waals surface area contributed by atoms with E-state index >= 15 is 0 Å². The molecule has 2 atom stereocenters. The standard InChI is InChI=1S/C37H48FNO3/c1-36(2,3)29-15-11-28(12-16-29)25-41-35-34(40-22-21-26-9-7-6-8-10-26)32-23-31(19-20-33(32)42-37(35,4)5)39-24-27-13-17-30(38)18-14-27/h11-20,23,26,34-35,39H,6-10,21-22,24-25H2,1-5H3. The van der Waals surface area contributed by atoms with Crippen molar-refractivity contribution < 1.29 is 18.6 Å². The summed E-state index contributed by atoms with van der Waals surface area (Å²) in [7, 11) is 0. The predicted octanol–water partition coefficient (Wildman–Crippen LogP) is 9.52. The van der Waals surface area contributed by atoms with Crippen LogP contribution >= 0.6 is 0 Å². The third kappa shape index (κ3) is 7.73. The summed E-state index contributed by atoms with van der Waals surface area (Å²) in [5.74, 6) is 1.36. The number of hydrogen-bond acceptors (Lipinski definition) is 4. The number of nitrogens with one attached hydrogen (secondary N) is 1. The molecule has 42 heavy (non-hydrogen) atoms. The lowest BCUT2D eigenvalue weighted by atomic mass is 9.86.